The fraction of sp³-hybridized carbons (Fsp3) is 0.263. The molecule has 1 aliphatic heterocycles. The first-order valence-corrected chi connectivity index (χ1v) is 8.99. The maximum absolute atomic E-state index is 11.3. The number of nitrogens with one attached hydrogen (secondary N) is 1. The maximum Gasteiger partial charge on any atom is 0.273 e. The van der Waals surface area contributed by atoms with Gasteiger partial charge in [0.25, 0.3) is 5.69 Å². The molecule has 0 saturated heterocycles. The Bertz CT molecular complexity index is 929. The number of nitro groups is 1. The fourth-order valence-corrected chi connectivity index (χ4v) is 4.26. The van der Waals surface area contributed by atoms with Crippen molar-refractivity contribution in [2.45, 2.75) is 18.4 Å². The van der Waals surface area contributed by atoms with Crippen molar-refractivity contribution < 1.29 is 9.66 Å². The molecule has 0 saturated carbocycles. The monoisotopic (exact) mass is 390 g/mol. The van der Waals surface area contributed by atoms with Crippen molar-refractivity contribution in [3.63, 3.8) is 0 Å². The lowest BCUT2D eigenvalue weighted by Gasteiger charge is -2.38. The van der Waals surface area contributed by atoms with E-state index >= 15 is 0 Å². The molecule has 0 spiro atoms. The summed E-state index contributed by atoms with van der Waals surface area (Å²) in [6, 6.07) is 8.73. The number of halogens is 2. The van der Waals surface area contributed by atoms with Gasteiger partial charge in [-0.15, -0.1) is 0 Å². The molecule has 5 nitrogen and oxygen atoms in total. The van der Waals surface area contributed by atoms with Gasteiger partial charge in [0.15, 0.2) is 0 Å². The lowest BCUT2D eigenvalue weighted by Crippen LogP contribution is -2.29. The molecule has 7 heteroatoms. The third-order valence-electron chi connectivity index (χ3n) is 5.15. The van der Waals surface area contributed by atoms with Crippen LogP contribution in [0, 0.1) is 16.0 Å². The molecule has 2 aromatic carbocycles. The lowest BCUT2D eigenvalue weighted by atomic mass is 9.76. The molecule has 134 valence electrons. The first-order valence-electron chi connectivity index (χ1n) is 8.24. The van der Waals surface area contributed by atoms with E-state index < -0.39 is 0 Å². The minimum Gasteiger partial charge on any atom is -0.494 e. The van der Waals surface area contributed by atoms with Crippen molar-refractivity contribution in [3.05, 3.63) is 73.8 Å². The third kappa shape index (κ3) is 2.72. The Labute approximate surface area is 160 Å². The minimum absolute atomic E-state index is 0.00706. The topological polar surface area (TPSA) is 64.4 Å². The van der Waals surface area contributed by atoms with Crippen LogP contribution in [-0.4, -0.2) is 12.0 Å². The summed E-state index contributed by atoms with van der Waals surface area (Å²) in [5, 5.41) is 15.8. The molecule has 3 unspecified atom stereocenters. The summed E-state index contributed by atoms with van der Waals surface area (Å²) in [5.41, 5.74) is 2.76. The lowest BCUT2D eigenvalue weighted by molar-refractivity contribution is -0.385. The summed E-state index contributed by atoms with van der Waals surface area (Å²) in [4.78, 5) is 10.9. The van der Waals surface area contributed by atoms with Crippen LogP contribution in [-0.2, 0) is 0 Å². The van der Waals surface area contributed by atoms with Gasteiger partial charge >= 0.3 is 0 Å². The molecule has 1 aliphatic carbocycles. The third-order valence-corrected chi connectivity index (χ3v) is 5.89. The molecule has 2 aliphatic rings. The van der Waals surface area contributed by atoms with Crippen molar-refractivity contribution in [1.82, 2.24) is 0 Å². The van der Waals surface area contributed by atoms with Crippen molar-refractivity contribution in [3.8, 4) is 5.75 Å². The number of nitro benzene ring substituents is 1. The van der Waals surface area contributed by atoms with Gasteiger partial charge in [-0.1, -0.05) is 41.4 Å². The van der Waals surface area contributed by atoms with Crippen molar-refractivity contribution in [2.24, 2.45) is 5.92 Å². The van der Waals surface area contributed by atoms with Gasteiger partial charge in [-0.3, -0.25) is 10.1 Å². The largest absolute Gasteiger partial charge is 0.494 e. The van der Waals surface area contributed by atoms with E-state index in [0.717, 1.165) is 23.2 Å². The van der Waals surface area contributed by atoms with Crippen LogP contribution in [0.4, 0.5) is 11.4 Å². The Hall–Kier alpha value is -2.24. The second kappa shape index (κ2) is 6.49. The number of hydrogen-bond acceptors (Lipinski definition) is 4. The van der Waals surface area contributed by atoms with Crippen molar-refractivity contribution >= 4 is 34.6 Å². The van der Waals surface area contributed by atoms with Crippen LogP contribution in [0.2, 0.25) is 10.0 Å². The average Bonchev–Trinajstić information content (AvgIpc) is 3.12. The number of benzene rings is 2. The predicted molar refractivity (Wildman–Crippen MR) is 102 cm³/mol. The van der Waals surface area contributed by atoms with Crippen LogP contribution in [0.15, 0.2) is 42.5 Å². The van der Waals surface area contributed by atoms with E-state index in [1.165, 1.54) is 13.2 Å². The zero-order chi connectivity index (χ0) is 18.4. The van der Waals surface area contributed by atoms with E-state index in [-0.39, 0.29) is 28.5 Å². The average molecular weight is 391 g/mol. The van der Waals surface area contributed by atoms with E-state index in [4.69, 9.17) is 27.9 Å². The first kappa shape index (κ1) is 17.2. The highest BCUT2D eigenvalue weighted by atomic mass is 35.5. The Balaban J connectivity index is 1.84. The molecule has 0 aromatic heterocycles. The quantitative estimate of drug-likeness (QED) is 0.412. The van der Waals surface area contributed by atoms with Crippen LogP contribution < -0.4 is 10.1 Å². The first-order chi connectivity index (χ1) is 12.5. The summed E-state index contributed by atoms with van der Waals surface area (Å²) < 4.78 is 5.44. The zero-order valence-electron chi connectivity index (χ0n) is 13.9. The number of fused-ring (bicyclic) bond motifs is 3. The molecule has 4 rings (SSSR count). The highest BCUT2D eigenvalue weighted by molar-refractivity contribution is 6.42. The fourth-order valence-electron chi connectivity index (χ4n) is 3.95. The number of nitrogens with zero attached hydrogens (tertiary/aromatic N) is 1. The highest BCUT2D eigenvalue weighted by Crippen LogP contribution is 2.53. The summed E-state index contributed by atoms with van der Waals surface area (Å²) in [7, 11) is 1.52. The van der Waals surface area contributed by atoms with Crippen LogP contribution in [0.5, 0.6) is 5.75 Å². The van der Waals surface area contributed by atoms with Gasteiger partial charge in [0.2, 0.25) is 0 Å². The number of ether oxygens (including phenoxy) is 1. The van der Waals surface area contributed by atoms with Gasteiger partial charge in [0, 0.05) is 12.0 Å². The minimum atomic E-state index is -0.387. The van der Waals surface area contributed by atoms with E-state index in [2.05, 4.69) is 17.5 Å². The molecule has 1 heterocycles. The smallest absolute Gasteiger partial charge is 0.273 e. The number of hydrogen-bond donors (Lipinski definition) is 1. The van der Waals surface area contributed by atoms with Crippen LogP contribution in [0.3, 0.4) is 0 Å². The SMILES string of the molecule is COc1cc([N+](=O)[O-])cc2c1NC(c1ccc(Cl)c(Cl)c1)C1CC=CC21. The molecule has 0 bridgehead atoms. The van der Waals surface area contributed by atoms with E-state index in [9.17, 15) is 10.1 Å². The van der Waals surface area contributed by atoms with E-state index in [1.54, 1.807) is 12.1 Å². The van der Waals surface area contributed by atoms with Gasteiger partial charge in [0.1, 0.15) is 5.75 Å². The Morgan fingerprint density at radius 2 is 2.04 bits per heavy atom. The summed E-state index contributed by atoms with van der Waals surface area (Å²) >= 11 is 12.3. The Kier molecular flexibility index (Phi) is 4.29. The standard InChI is InChI=1S/C19H16Cl2N2O3/c1-26-17-9-11(23(24)25)8-14-12-3-2-4-13(12)18(22-19(14)17)10-5-6-15(20)16(21)7-10/h2-3,5-9,12-13,18,22H,4H2,1H3. The molecule has 0 amide bonds. The number of allylic oxidation sites excluding steroid dienone is 2. The molecular formula is C19H16Cl2N2O3. The van der Waals surface area contributed by atoms with Gasteiger partial charge in [-0.05, 0) is 35.6 Å². The molecule has 2 aromatic rings. The van der Waals surface area contributed by atoms with E-state index in [1.807, 2.05) is 12.1 Å². The van der Waals surface area contributed by atoms with Crippen molar-refractivity contribution in [2.75, 3.05) is 12.4 Å². The Morgan fingerprint density at radius 3 is 2.73 bits per heavy atom. The van der Waals surface area contributed by atoms with Crippen LogP contribution in [0.1, 0.15) is 29.5 Å². The van der Waals surface area contributed by atoms with Gasteiger partial charge in [-0.2, -0.15) is 0 Å². The number of anilines is 1. The van der Waals surface area contributed by atoms with Crippen LogP contribution in [0.25, 0.3) is 0 Å². The number of methoxy groups -OCH3 is 1. The summed E-state index contributed by atoms with van der Waals surface area (Å²) in [5.74, 6) is 0.795. The van der Waals surface area contributed by atoms with E-state index in [0.29, 0.717) is 15.8 Å². The highest BCUT2D eigenvalue weighted by Gasteiger charge is 2.40. The Morgan fingerprint density at radius 1 is 1.23 bits per heavy atom. The number of non-ortho nitro benzene ring substituents is 1. The molecule has 0 fully saturated rings. The molecular weight excluding hydrogens is 375 g/mol. The molecule has 3 atom stereocenters. The zero-order valence-corrected chi connectivity index (χ0v) is 15.4. The predicted octanol–water partition coefficient (Wildman–Crippen LogP) is 5.74. The molecule has 1 N–H and O–H groups in total. The summed E-state index contributed by atoms with van der Waals surface area (Å²) in [6.45, 7) is 0. The number of rotatable bonds is 3. The second-order valence-corrected chi connectivity index (χ2v) is 7.33. The van der Waals surface area contributed by atoms with Gasteiger partial charge in [-0.25, -0.2) is 0 Å². The molecule has 0 radical (unpaired) electrons. The summed E-state index contributed by atoms with van der Waals surface area (Å²) in [6.07, 6.45) is 5.13. The molecule has 26 heavy (non-hydrogen) atoms. The van der Waals surface area contributed by atoms with Gasteiger partial charge < -0.3 is 10.1 Å². The van der Waals surface area contributed by atoms with Crippen molar-refractivity contribution in [1.29, 1.82) is 0 Å². The second-order valence-electron chi connectivity index (χ2n) is 6.52. The normalized spacial score (nSPS) is 23.1. The van der Waals surface area contributed by atoms with Gasteiger partial charge in [0.05, 0.1) is 39.9 Å². The van der Waals surface area contributed by atoms with Crippen LogP contribution >= 0.6 is 23.2 Å². The maximum atomic E-state index is 11.3.